The van der Waals surface area contributed by atoms with Crippen molar-refractivity contribution in [3.8, 4) is 0 Å². The van der Waals surface area contributed by atoms with Gasteiger partial charge in [-0.25, -0.2) is 4.79 Å². The van der Waals surface area contributed by atoms with Crippen molar-refractivity contribution in [2.45, 2.75) is 13.0 Å². The fourth-order valence-electron chi connectivity index (χ4n) is 0.894. The first kappa shape index (κ1) is 12.0. The summed E-state index contributed by atoms with van der Waals surface area (Å²) in [5.41, 5.74) is 6.18. The van der Waals surface area contributed by atoms with Crippen molar-refractivity contribution >= 4 is 17.1 Å². The second-order valence-electron chi connectivity index (χ2n) is 3.14. The summed E-state index contributed by atoms with van der Waals surface area (Å²) < 4.78 is 4.76. The number of benzene rings is 1. The van der Waals surface area contributed by atoms with E-state index in [4.69, 9.17) is 15.3 Å². The molecule has 6 heteroatoms. The van der Waals surface area contributed by atoms with E-state index in [0.717, 1.165) is 5.52 Å². The van der Waals surface area contributed by atoms with Gasteiger partial charge < -0.3 is 15.3 Å². The van der Waals surface area contributed by atoms with Crippen molar-refractivity contribution in [2.24, 2.45) is 5.73 Å². The number of nitrogens with two attached hydrogens (primary N) is 1. The highest BCUT2D eigenvalue weighted by molar-refractivity contribution is 5.72. The lowest BCUT2D eigenvalue weighted by atomic mass is 10.3. The van der Waals surface area contributed by atoms with Gasteiger partial charge in [-0.3, -0.25) is 9.78 Å². The van der Waals surface area contributed by atoms with Gasteiger partial charge in [0.2, 0.25) is 0 Å². The number of para-hydroxylation sites is 2. The van der Waals surface area contributed by atoms with Gasteiger partial charge in [-0.1, -0.05) is 12.1 Å². The molecule has 6 nitrogen and oxygen atoms in total. The van der Waals surface area contributed by atoms with Gasteiger partial charge in [-0.2, -0.15) is 0 Å². The predicted octanol–water partition coefficient (Wildman–Crippen LogP) is 0.539. The van der Waals surface area contributed by atoms with Crippen LogP contribution in [0.5, 0.6) is 0 Å². The Bertz CT molecular complexity index is 491. The number of aliphatic carboxylic acids is 1. The van der Waals surface area contributed by atoms with Gasteiger partial charge in [0, 0.05) is 0 Å². The number of carbonyl (C=O) groups is 1. The van der Waals surface area contributed by atoms with Gasteiger partial charge in [0.1, 0.15) is 6.04 Å². The van der Waals surface area contributed by atoms with Gasteiger partial charge >= 0.3 is 11.7 Å². The smallest absolute Gasteiger partial charge is 0.417 e. The Labute approximate surface area is 90.7 Å². The van der Waals surface area contributed by atoms with Crippen LogP contribution in [0.3, 0.4) is 0 Å². The van der Waals surface area contributed by atoms with E-state index in [1.165, 1.54) is 6.92 Å². The lowest BCUT2D eigenvalue weighted by Gasteiger charge is -1.90. The van der Waals surface area contributed by atoms with Crippen LogP contribution < -0.4 is 11.5 Å². The van der Waals surface area contributed by atoms with Gasteiger partial charge in [-0.05, 0) is 19.1 Å². The minimum Gasteiger partial charge on any atom is -0.480 e. The van der Waals surface area contributed by atoms with E-state index in [2.05, 4.69) is 4.98 Å². The zero-order valence-electron chi connectivity index (χ0n) is 8.64. The van der Waals surface area contributed by atoms with E-state index in [0.29, 0.717) is 5.58 Å². The van der Waals surface area contributed by atoms with Crippen LogP contribution in [0.4, 0.5) is 0 Å². The molecule has 0 unspecified atom stereocenters. The van der Waals surface area contributed by atoms with E-state index in [1.807, 2.05) is 12.1 Å². The van der Waals surface area contributed by atoms with Crippen molar-refractivity contribution in [1.29, 1.82) is 0 Å². The molecule has 16 heavy (non-hydrogen) atoms. The molecule has 1 atom stereocenters. The van der Waals surface area contributed by atoms with Crippen molar-refractivity contribution < 1.29 is 14.3 Å². The fourth-order valence-corrected chi connectivity index (χ4v) is 0.894. The number of oxazole rings is 1. The number of carboxylic acids is 1. The summed E-state index contributed by atoms with van der Waals surface area (Å²) in [4.78, 5) is 22.7. The molecule has 1 heterocycles. The Balaban J connectivity index is 0.000000187. The van der Waals surface area contributed by atoms with Crippen molar-refractivity contribution in [2.75, 3.05) is 0 Å². The standard InChI is InChI=1S/C7H5NO2.C3H7NO2/c9-7-8-5-3-1-2-4-6(5)10-7;1-2(4)3(5)6/h1-4H,(H,8,9);2H,4H2,1H3,(H,5,6)/t;2-/m.0/s1. The van der Waals surface area contributed by atoms with Crippen LogP contribution in [0.1, 0.15) is 6.92 Å². The Hall–Kier alpha value is -2.08. The molecule has 0 saturated heterocycles. The molecule has 2 rings (SSSR count). The average molecular weight is 224 g/mol. The second-order valence-corrected chi connectivity index (χ2v) is 3.14. The zero-order valence-corrected chi connectivity index (χ0v) is 8.64. The zero-order chi connectivity index (χ0) is 12.1. The third-order valence-corrected chi connectivity index (χ3v) is 1.72. The van der Waals surface area contributed by atoms with Crippen molar-refractivity contribution in [1.82, 2.24) is 4.98 Å². The molecule has 0 amide bonds. The molecule has 1 aromatic carbocycles. The summed E-state index contributed by atoms with van der Waals surface area (Å²) in [6.45, 7) is 1.42. The summed E-state index contributed by atoms with van der Waals surface area (Å²) in [5, 5.41) is 7.87. The monoisotopic (exact) mass is 224 g/mol. The molecule has 0 aliphatic heterocycles. The summed E-state index contributed by atoms with van der Waals surface area (Å²) in [6.07, 6.45) is 0. The summed E-state index contributed by atoms with van der Waals surface area (Å²) >= 11 is 0. The van der Waals surface area contributed by atoms with E-state index >= 15 is 0 Å². The number of H-pyrrole nitrogens is 1. The molecule has 1 aromatic heterocycles. The molecular weight excluding hydrogens is 212 g/mol. The minimum absolute atomic E-state index is 0.402. The van der Waals surface area contributed by atoms with E-state index in [9.17, 15) is 9.59 Å². The number of aromatic nitrogens is 1. The highest BCUT2D eigenvalue weighted by Gasteiger charge is 1.99. The number of hydrogen-bond donors (Lipinski definition) is 3. The molecular formula is C10H12N2O4. The topological polar surface area (TPSA) is 109 Å². The number of hydrogen-bond acceptors (Lipinski definition) is 4. The maximum Gasteiger partial charge on any atom is 0.417 e. The van der Waals surface area contributed by atoms with E-state index < -0.39 is 17.8 Å². The van der Waals surface area contributed by atoms with Crippen LogP contribution in [-0.2, 0) is 4.79 Å². The third-order valence-electron chi connectivity index (χ3n) is 1.72. The number of nitrogens with one attached hydrogen (secondary N) is 1. The maximum absolute atomic E-state index is 10.6. The van der Waals surface area contributed by atoms with Crippen LogP contribution in [0.25, 0.3) is 11.1 Å². The van der Waals surface area contributed by atoms with Crippen molar-refractivity contribution in [3.63, 3.8) is 0 Å². The van der Waals surface area contributed by atoms with Gasteiger partial charge in [0.15, 0.2) is 5.58 Å². The van der Waals surface area contributed by atoms with E-state index in [1.54, 1.807) is 12.1 Å². The number of carboxylic acid groups (broad SMARTS) is 1. The lowest BCUT2D eigenvalue weighted by molar-refractivity contribution is -0.138. The minimum atomic E-state index is -0.963. The lowest BCUT2D eigenvalue weighted by Crippen LogP contribution is -2.25. The Kier molecular flexibility index (Phi) is 3.84. The molecule has 0 bridgehead atoms. The molecule has 0 aliphatic rings. The first-order chi connectivity index (χ1) is 7.50. The first-order valence-corrected chi connectivity index (χ1v) is 4.57. The summed E-state index contributed by atoms with van der Waals surface area (Å²) in [7, 11) is 0. The summed E-state index contributed by atoms with van der Waals surface area (Å²) in [5.74, 6) is -1.36. The molecule has 0 fully saturated rings. The van der Waals surface area contributed by atoms with Gasteiger partial charge in [0.25, 0.3) is 0 Å². The van der Waals surface area contributed by atoms with Crippen molar-refractivity contribution in [3.05, 3.63) is 34.8 Å². The molecule has 0 radical (unpaired) electrons. The third kappa shape index (κ3) is 3.25. The predicted molar refractivity (Wildman–Crippen MR) is 58.1 cm³/mol. The first-order valence-electron chi connectivity index (χ1n) is 4.57. The number of rotatable bonds is 1. The largest absolute Gasteiger partial charge is 0.480 e. The molecule has 0 aliphatic carbocycles. The van der Waals surface area contributed by atoms with Crippen LogP contribution in [0.15, 0.2) is 33.5 Å². The molecule has 0 saturated carbocycles. The molecule has 0 spiro atoms. The maximum atomic E-state index is 10.6. The fraction of sp³-hybridized carbons (Fsp3) is 0.200. The normalized spacial score (nSPS) is 11.6. The van der Waals surface area contributed by atoms with Gasteiger partial charge in [0.05, 0.1) is 5.52 Å². The number of aromatic amines is 1. The SMILES string of the molecule is C[C@H](N)C(=O)O.O=c1[nH]c2ccccc2o1. The second kappa shape index (κ2) is 5.13. The average Bonchev–Trinajstić information content (AvgIpc) is 2.58. The van der Waals surface area contributed by atoms with Crippen LogP contribution in [-0.4, -0.2) is 22.1 Å². The van der Waals surface area contributed by atoms with E-state index in [-0.39, 0.29) is 0 Å². The molecule has 86 valence electrons. The van der Waals surface area contributed by atoms with Crippen LogP contribution in [0.2, 0.25) is 0 Å². The highest BCUT2D eigenvalue weighted by Crippen LogP contribution is 2.06. The Morgan fingerprint density at radius 1 is 1.50 bits per heavy atom. The number of fused-ring (bicyclic) bond motifs is 1. The Morgan fingerprint density at radius 3 is 2.56 bits per heavy atom. The molecule has 4 N–H and O–H groups in total. The van der Waals surface area contributed by atoms with Gasteiger partial charge in [-0.15, -0.1) is 0 Å². The highest BCUT2D eigenvalue weighted by atomic mass is 16.4. The Morgan fingerprint density at radius 2 is 2.06 bits per heavy atom. The van der Waals surface area contributed by atoms with Crippen LogP contribution in [0, 0.1) is 0 Å². The quantitative estimate of drug-likeness (QED) is 0.654. The van der Waals surface area contributed by atoms with Crippen LogP contribution >= 0.6 is 0 Å². The molecule has 2 aromatic rings. The summed E-state index contributed by atoms with van der Waals surface area (Å²) in [6, 6.07) is 6.46.